The largest absolute Gasteiger partial charge is 0.483 e. The van der Waals surface area contributed by atoms with E-state index in [2.05, 4.69) is 15.5 Å². The molecular weight excluding hydrogens is 373 g/mol. The van der Waals surface area contributed by atoms with Crippen molar-refractivity contribution in [2.75, 3.05) is 11.9 Å². The van der Waals surface area contributed by atoms with E-state index in [1.807, 2.05) is 18.2 Å². The number of hydrogen-bond donors (Lipinski definition) is 1. The SMILES string of the molecule is O=C(COc1ccccc1-c1noc(-c2ccccc2F)n1)Nc1ccccc1. The summed E-state index contributed by atoms with van der Waals surface area (Å²) in [5.74, 6) is -0.0374. The van der Waals surface area contributed by atoms with E-state index in [-0.39, 0.29) is 29.8 Å². The van der Waals surface area contributed by atoms with Crippen LogP contribution in [0.5, 0.6) is 5.75 Å². The molecule has 1 aromatic heterocycles. The highest BCUT2D eigenvalue weighted by Crippen LogP contribution is 2.30. The Balaban J connectivity index is 1.50. The van der Waals surface area contributed by atoms with Gasteiger partial charge in [0.15, 0.2) is 6.61 Å². The third-order valence-electron chi connectivity index (χ3n) is 4.07. The number of aromatic nitrogens is 2. The van der Waals surface area contributed by atoms with Crippen molar-refractivity contribution in [2.45, 2.75) is 0 Å². The Kier molecular flexibility index (Phi) is 5.29. The number of rotatable bonds is 6. The summed E-state index contributed by atoms with van der Waals surface area (Å²) in [5.41, 5.74) is 1.43. The van der Waals surface area contributed by atoms with Crippen LogP contribution in [0.25, 0.3) is 22.8 Å². The summed E-state index contributed by atoms with van der Waals surface area (Å²) in [7, 11) is 0. The molecule has 0 spiro atoms. The second-order valence-corrected chi connectivity index (χ2v) is 6.10. The van der Waals surface area contributed by atoms with Crippen molar-refractivity contribution in [3.63, 3.8) is 0 Å². The van der Waals surface area contributed by atoms with E-state index < -0.39 is 5.82 Å². The lowest BCUT2D eigenvalue weighted by molar-refractivity contribution is -0.118. The standard InChI is InChI=1S/C22H16FN3O3/c23-18-12-6-4-10-16(18)22-25-21(26-29-22)17-11-5-7-13-19(17)28-14-20(27)24-15-8-2-1-3-9-15/h1-13H,14H2,(H,24,27). The van der Waals surface area contributed by atoms with Gasteiger partial charge >= 0.3 is 0 Å². The molecule has 1 N–H and O–H groups in total. The van der Waals surface area contributed by atoms with Crippen molar-refractivity contribution >= 4 is 11.6 Å². The molecule has 0 atom stereocenters. The first-order valence-corrected chi connectivity index (χ1v) is 8.86. The molecule has 0 bridgehead atoms. The molecule has 3 aromatic carbocycles. The monoisotopic (exact) mass is 389 g/mol. The van der Waals surface area contributed by atoms with Crippen molar-refractivity contribution < 1.29 is 18.4 Å². The van der Waals surface area contributed by atoms with E-state index in [9.17, 15) is 9.18 Å². The Bertz CT molecular complexity index is 1130. The number of anilines is 1. The lowest BCUT2D eigenvalue weighted by Crippen LogP contribution is -2.20. The average molecular weight is 389 g/mol. The minimum absolute atomic E-state index is 0.0646. The number of halogens is 1. The van der Waals surface area contributed by atoms with Crippen LogP contribution < -0.4 is 10.1 Å². The Hall–Kier alpha value is -4.00. The second kappa shape index (κ2) is 8.35. The molecule has 0 unspecified atom stereocenters. The first kappa shape index (κ1) is 18.4. The van der Waals surface area contributed by atoms with Crippen LogP contribution in [0.1, 0.15) is 0 Å². The van der Waals surface area contributed by atoms with Crippen LogP contribution in [-0.4, -0.2) is 22.7 Å². The molecule has 0 fully saturated rings. The molecule has 7 heteroatoms. The normalized spacial score (nSPS) is 10.5. The summed E-state index contributed by atoms with van der Waals surface area (Å²) in [4.78, 5) is 16.4. The zero-order chi connectivity index (χ0) is 20.1. The van der Waals surface area contributed by atoms with Gasteiger partial charge in [0.25, 0.3) is 11.8 Å². The Morgan fingerprint density at radius 2 is 1.62 bits per heavy atom. The summed E-state index contributed by atoms with van der Waals surface area (Å²) >= 11 is 0. The van der Waals surface area contributed by atoms with Crippen molar-refractivity contribution in [1.29, 1.82) is 0 Å². The molecule has 1 heterocycles. The fraction of sp³-hybridized carbons (Fsp3) is 0.0455. The first-order valence-electron chi connectivity index (χ1n) is 8.86. The van der Waals surface area contributed by atoms with Crippen LogP contribution in [0, 0.1) is 5.82 Å². The van der Waals surface area contributed by atoms with E-state index in [0.29, 0.717) is 17.0 Å². The maximum atomic E-state index is 14.0. The minimum atomic E-state index is -0.454. The fourth-order valence-corrected chi connectivity index (χ4v) is 2.72. The maximum Gasteiger partial charge on any atom is 0.262 e. The highest BCUT2D eigenvalue weighted by atomic mass is 19.1. The Morgan fingerprint density at radius 1 is 0.931 bits per heavy atom. The van der Waals surface area contributed by atoms with Gasteiger partial charge in [-0.3, -0.25) is 4.79 Å². The molecule has 6 nitrogen and oxygen atoms in total. The highest BCUT2D eigenvalue weighted by Gasteiger charge is 2.17. The van der Waals surface area contributed by atoms with Gasteiger partial charge in [0.1, 0.15) is 11.6 Å². The van der Waals surface area contributed by atoms with Gasteiger partial charge in [-0.1, -0.05) is 47.6 Å². The molecule has 144 valence electrons. The number of ether oxygens (including phenoxy) is 1. The van der Waals surface area contributed by atoms with Gasteiger partial charge in [-0.05, 0) is 36.4 Å². The zero-order valence-corrected chi connectivity index (χ0v) is 15.2. The number of carbonyl (C=O) groups excluding carboxylic acids is 1. The quantitative estimate of drug-likeness (QED) is 0.523. The third kappa shape index (κ3) is 4.30. The van der Waals surface area contributed by atoms with Crippen molar-refractivity contribution in [3.8, 4) is 28.6 Å². The van der Waals surface area contributed by atoms with E-state index in [1.165, 1.54) is 6.07 Å². The van der Waals surface area contributed by atoms with Gasteiger partial charge in [0.2, 0.25) is 5.82 Å². The van der Waals surface area contributed by atoms with Gasteiger partial charge in [-0.2, -0.15) is 4.98 Å². The van der Waals surface area contributed by atoms with E-state index in [1.54, 1.807) is 54.6 Å². The summed E-state index contributed by atoms with van der Waals surface area (Å²) in [6.07, 6.45) is 0. The molecule has 0 saturated heterocycles. The zero-order valence-electron chi connectivity index (χ0n) is 15.2. The van der Waals surface area contributed by atoms with Crippen molar-refractivity contribution in [3.05, 3.63) is 84.7 Å². The highest BCUT2D eigenvalue weighted by molar-refractivity contribution is 5.91. The third-order valence-corrected chi connectivity index (χ3v) is 4.07. The topological polar surface area (TPSA) is 77.2 Å². The molecule has 0 aliphatic carbocycles. The van der Waals surface area contributed by atoms with E-state index in [4.69, 9.17) is 9.26 Å². The molecule has 1 amide bonds. The van der Waals surface area contributed by atoms with E-state index in [0.717, 1.165) is 0 Å². The second-order valence-electron chi connectivity index (χ2n) is 6.10. The van der Waals surface area contributed by atoms with Crippen molar-refractivity contribution in [1.82, 2.24) is 10.1 Å². The number of nitrogens with one attached hydrogen (secondary N) is 1. The summed E-state index contributed by atoms with van der Waals surface area (Å²) < 4.78 is 24.8. The lowest BCUT2D eigenvalue weighted by Gasteiger charge is -2.09. The van der Waals surface area contributed by atoms with Crippen LogP contribution in [0.15, 0.2) is 83.4 Å². The molecular formula is C22H16FN3O3. The van der Waals surface area contributed by atoms with Crippen LogP contribution >= 0.6 is 0 Å². The lowest BCUT2D eigenvalue weighted by atomic mass is 10.2. The van der Waals surface area contributed by atoms with Gasteiger partial charge in [0.05, 0.1) is 11.1 Å². The summed E-state index contributed by atoms with van der Waals surface area (Å²) in [6.45, 7) is -0.191. The molecule has 0 radical (unpaired) electrons. The molecule has 4 aromatic rings. The van der Waals surface area contributed by atoms with Crippen LogP contribution in [0.2, 0.25) is 0 Å². The predicted octanol–water partition coefficient (Wildman–Crippen LogP) is 4.56. The maximum absolute atomic E-state index is 14.0. The molecule has 0 saturated carbocycles. The van der Waals surface area contributed by atoms with Crippen LogP contribution in [0.3, 0.4) is 0 Å². The summed E-state index contributed by atoms with van der Waals surface area (Å²) in [6, 6.07) is 22.2. The molecule has 4 rings (SSSR count). The average Bonchev–Trinajstić information content (AvgIpc) is 3.23. The smallest absolute Gasteiger partial charge is 0.262 e. The Morgan fingerprint density at radius 3 is 2.41 bits per heavy atom. The molecule has 29 heavy (non-hydrogen) atoms. The van der Waals surface area contributed by atoms with Gasteiger partial charge < -0.3 is 14.6 Å². The predicted molar refractivity (Wildman–Crippen MR) is 106 cm³/mol. The number of benzene rings is 3. The minimum Gasteiger partial charge on any atom is -0.483 e. The molecule has 0 aliphatic rings. The number of para-hydroxylation sites is 2. The van der Waals surface area contributed by atoms with Crippen molar-refractivity contribution in [2.24, 2.45) is 0 Å². The summed E-state index contributed by atoms with van der Waals surface area (Å²) in [5, 5.41) is 6.67. The van der Waals surface area contributed by atoms with Crippen LogP contribution in [-0.2, 0) is 4.79 Å². The molecule has 0 aliphatic heterocycles. The van der Waals surface area contributed by atoms with Gasteiger partial charge in [-0.25, -0.2) is 4.39 Å². The number of amides is 1. The fourth-order valence-electron chi connectivity index (χ4n) is 2.72. The Labute approximate surface area is 166 Å². The van der Waals surface area contributed by atoms with Gasteiger partial charge in [-0.15, -0.1) is 0 Å². The number of hydrogen-bond acceptors (Lipinski definition) is 5. The van der Waals surface area contributed by atoms with E-state index >= 15 is 0 Å². The van der Waals surface area contributed by atoms with Gasteiger partial charge in [0, 0.05) is 5.69 Å². The number of carbonyl (C=O) groups is 1. The van der Waals surface area contributed by atoms with Crippen LogP contribution in [0.4, 0.5) is 10.1 Å². The first-order chi connectivity index (χ1) is 14.2. The number of nitrogens with zero attached hydrogens (tertiary/aromatic N) is 2.